The molecule has 0 radical (unpaired) electrons. The van der Waals surface area contributed by atoms with E-state index in [1.54, 1.807) is 60.7 Å². The van der Waals surface area contributed by atoms with Gasteiger partial charge >= 0.3 is 0 Å². The maximum Gasteiger partial charge on any atom is 0.241 e. The van der Waals surface area contributed by atoms with E-state index in [0.29, 0.717) is 22.7 Å². The van der Waals surface area contributed by atoms with Crippen LogP contribution in [0.15, 0.2) is 72.8 Å². The third-order valence-corrected chi connectivity index (χ3v) is 7.69. The van der Waals surface area contributed by atoms with Crippen molar-refractivity contribution in [3.8, 4) is 0 Å². The minimum absolute atomic E-state index is 0.198. The van der Waals surface area contributed by atoms with Crippen molar-refractivity contribution in [3.63, 3.8) is 0 Å². The molecule has 1 spiro atoms. The molecule has 0 bridgehead atoms. The number of benzene rings is 3. The zero-order valence-corrected chi connectivity index (χ0v) is 19.5. The number of carbonyl (C=O) groups is 4. The van der Waals surface area contributed by atoms with Crippen molar-refractivity contribution in [2.24, 2.45) is 11.8 Å². The fourth-order valence-electron chi connectivity index (χ4n) is 5.77. The maximum absolute atomic E-state index is 14.0. The fraction of sp³-hybridized carbons (Fsp3) is 0.214. The van der Waals surface area contributed by atoms with E-state index in [0.717, 1.165) is 10.5 Å². The zero-order chi connectivity index (χ0) is 24.5. The van der Waals surface area contributed by atoms with E-state index in [-0.39, 0.29) is 11.1 Å². The number of aryl methyl sites for hydroxylation is 1. The number of fused-ring (bicyclic) bond motifs is 3. The van der Waals surface area contributed by atoms with Gasteiger partial charge in [0.2, 0.25) is 29.0 Å². The van der Waals surface area contributed by atoms with Crippen LogP contribution in [0.3, 0.4) is 0 Å². The number of ether oxygens (including phenoxy) is 1. The second-order valence-corrected chi connectivity index (χ2v) is 9.40. The summed E-state index contributed by atoms with van der Waals surface area (Å²) in [6, 6.07) is 20.4. The van der Waals surface area contributed by atoms with E-state index >= 15 is 0 Å². The van der Waals surface area contributed by atoms with Crippen molar-refractivity contribution in [3.05, 3.63) is 100 Å². The lowest BCUT2D eigenvalue weighted by Gasteiger charge is -2.28. The highest BCUT2D eigenvalue weighted by molar-refractivity contribution is 6.37. The summed E-state index contributed by atoms with van der Waals surface area (Å²) in [4.78, 5) is 56.7. The van der Waals surface area contributed by atoms with Gasteiger partial charge in [0.05, 0.1) is 23.6 Å². The number of amides is 2. The lowest BCUT2D eigenvalue weighted by atomic mass is 9.77. The van der Waals surface area contributed by atoms with Crippen molar-refractivity contribution in [2.45, 2.75) is 25.0 Å². The van der Waals surface area contributed by atoms with Gasteiger partial charge in [-0.3, -0.25) is 19.2 Å². The third-order valence-electron chi connectivity index (χ3n) is 7.34. The number of para-hydroxylation sites is 1. The van der Waals surface area contributed by atoms with Crippen LogP contribution < -0.4 is 4.90 Å². The average molecular weight is 486 g/mol. The highest BCUT2D eigenvalue weighted by Gasteiger charge is 2.75. The highest BCUT2D eigenvalue weighted by atomic mass is 35.5. The SMILES string of the molecule is CCc1ccccc1N1C(=O)[C@H]2[C@@H](c3ccccc3Cl)OC3(C(=O)c4ccccc4C3=O)[C@@H]2C1=O. The van der Waals surface area contributed by atoms with Gasteiger partial charge in [-0.15, -0.1) is 0 Å². The van der Waals surface area contributed by atoms with Crippen LogP contribution >= 0.6 is 11.6 Å². The number of hydrogen-bond acceptors (Lipinski definition) is 5. The molecular formula is C28H20ClNO5. The van der Waals surface area contributed by atoms with E-state index in [1.807, 2.05) is 19.1 Å². The number of anilines is 1. The molecule has 35 heavy (non-hydrogen) atoms. The molecular weight excluding hydrogens is 466 g/mol. The predicted octanol–water partition coefficient (Wildman–Crippen LogP) is 4.60. The van der Waals surface area contributed by atoms with Crippen LogP contribution in [0.4, 0.5) is 5.69 Å². The molecule has 2 aliphatic heterocycles. The molecule has 2 fully saturated rings. The molecule has 0 unspecified atom stereocenters. The number of Topliss-reactive ketones (excluding diaryl/α,β-unsaturated/α-hetero) is 2. The second kappa shape index (κ2) is 7.70. The first-order chi connectivity index (χ1) is 16.9. The van der Waals surface area contributed by atoms with E-state index in [2.05, 4.69) is 0 Å². The molecule has 174 valence electrons. The topological polar surface area (TPSA) is 80.8 Å². The van der Waals surface area contributed by atoms with Crippen molar-refractivity contribution in [2.75, 3.05) is 4.90 Å². The van der Waals surface area contributed by atoms with Crippen LogP contribution in [-0.4, -0.2) is 29.0 Å². The minimum atomic E-state index is -2.11. The van der Waals surface area contributed by atoms with Crippen LogP contribution in [-0.2, 0) is 20.7 Å². The Kier molecular flexibility index (Phi) is 4.82. The number of nitrogens with zero attached hydrogens (tertiary/aromatic N) is 1. The van der Waals surface area contributed by atoms with Crippen LogP contribution in [0.2, 0.25) is 5.02 Å². The maximum atomic E-state index is 14.0. The lowest BCUT2D eigenvalue weighted by molar-refractivity contribution is -0.127. The Morgan fingerprint density at radius 3 is 2.09 bits per heavy atom. The lowest BCUT2D eigenvalue weighted by Crippen LogP contribution is -2.51. The van der Waals surface area contributed by atoms with E-state index in [4.69, 9.17) is 16.3 Å². The molecule has 0 N–H and O–H groups in total. The van der Waals surface area contributed by atoms with Gasteiger partial charge < -0.3 is 4.74 Å². The number of rotatable bonds is 3. The summed E-state index contributed by atoms with van der Waals surface area (Å²) >= 11 is 6.48. The van der Waals surface area contributed by atoms with Gasteiger partial charge in [0.1, 0.15) is 0 Å². The normalized spacial score (nSPS) is 24.4. The van der Waals surface area contributed by atoms with Gasteiger partial charge in [-0.1, -0.05) is 79.2 Å². The summed E-state index contributed by atoms with van der Waals surface area (Å²) in [6.45, 7) is 1.93. The first-order valence-corrected chi connectivity index (χ1v) is 11.9. The predicted molar refractivity (Wildman–Crippen MR) is 128 cm³/mol. The summed E-state index contributed by atoms with van der Waals surface area (Å²) in [7, 11) is 0. The molecule has 0 aromatic heterocycles. The zero-order valence-electron chi connectivity index (χ0n) is 18.7. The Morgan fingerprint density at radius 1 is 0.829 bits per heavy atom. The van der Waals surface area contributed by atoms with E-state index in [1.165, 1.54) is 0 Å². The number of halogens is 1. The fourth-order valence-corrected chi connectivity index (χ4v) is 6.01. The first kappa shape index (κ1) is 21.9. The van der Waals surface area contributed by atoms with Gasteiger partial charge in [-0.2, -0.15) is 0 Å². The van der Waals surface area contributed by atoms with Crippen LogP contribution in [0.5, 0.6) is 0 Å². The largest absolute Gasteiger partial charge is 0.349 e. The molecule has 3 atom stereocenters. The Balaban J connectivity index is 1.57. The van der Waals surface area contributed by atoms with Gasteiger partial charge in [-0.05, 0) is 24.1 Å². The Bertz CT molecular complexity index is 1410. The van der Waals surface area contributed by atoms with Crippen LogP contribution in [0.1, 0.15) is 44.9 Å². The Morgan fingerprint density at radius 2 is 1.43 bits per heavy atom. The van der Waals surface area contributed by atoms with Crippen LogP contribution in [0.25, 0.3) is 0 Å². The van der Waals surface area contributed by atoms with E-state index in [9.17, 15) is 19.2 Å². The van der Waals surface area contributed by atoms with Crippen LogP contribution in [0, 0.1) is 11.8 Å². The molecule has 2 saturated heterocycles. The number of hydrogen-bond donors (Lipinski definition) is 0. The monoisotopic (exact) mass is 485 g/mol. The molecule has 6 rings (SSSR count). The molecule has 3 aromatic rings. The summed E-state index contributed by atoms with van der Waals surface area (Å²) in [5.41, 5.74) is 0.0198. The standard InChI is InChI=1S/C28H20ClNO5/c1-2-15-9-3-8-14-20(15)30-26(33)21-22(27(30)34)28(35-23(21)18-12-6-7-13-19(18)29)24(31)16-10-4-5-11-17(16)25(28)32/h3-14,21-23H,2H2,1H3/t21-,22+,23-/m1/s1. The van der Waals surface area contributed by atoms with Gasteiger partial charge in [0.25, 0.3) is 0 Å². The smallest absolute Gasteiger partial charge is 0.241 e. The number of ketones is 2. The number of imide groups is 1. The molecule has 3 aliphatic rings. The van der Waals surface area contributed by atoms with Gasteiger partial charge in [-0.25, -0.2) is 4.90 Å². The highest BCUT2D eigenvalue weighted by Crippen LogP contribution is 2.58. The molecule has 7 heteroatoms. The summed E-state index contributed by atoms with van der Waals surface area (Å²) < 4.78 is 6.28. The quantitative estimate of drug-likeness (QED) is 0.400. The summed E-state index contributed by atoms with van der Waals surface area (Å²) in [6.07, 6.45) is -0.437. The van der Waals surface area contributed by atoms with Crippen molar-refractivity contribution in [1.29, 1.82) is 0 Å². The molecule has 0 saturated carbocycles. The second-order valence-electron chi connectivity index (χ2n) is 9.00. The van der Waals surface area contributed by atoms with Crippen molar-refractivity contribution < 1.29 is 23.9 Å². The molecule has 2 amide bonds. The molecule has 6 nitrogen and oxygen atoms in total. The molecule has 2 heterocycles. The third kappa shape index (κ3) is 2.75. The van der Waals surface area contributed by atoms with Crippen molar-refractivity contribution >= 4 is 40.7 Å². The van der Waals surface area contributed by atoms with Gasteiger partial charge in [0, 0.05) is 21.7 Å². The Labute approximate surface area is 206 Å². The molecule has 1 aliphatic carbocycles. The summed E-state index contributed by atoms with van der Waals surface area (Å²) in [5.74, 6) is -4.66. The summed E-state index contributed by atoms with van der Waals surface area (Å²) in [5, 5.41) is 0.330. The minimum Gasteiger partial charge on any atom is -0.349 e. The van der Waals surface area contributed by atoms with Crippen molar-refractivity contribution in [1.82, 2.24) is 0 Å². The van der Waals surface area contributed by atoms with Gasteiger partial charge in [0.15, 0.2) is 0 Å². The average Bonchev–Trinajstić information content (AvgIpc) is 3.44. The Hall–Kier alpha value is -3.61. The van der Waals surface area contributed by atoms with E-state index < -0.39 is 46.9 Å². The molecule has 3 aromatic carbocycles. The number of carbonyl (C=O) groups excluding carboxylic acids is 4. The first-order valence-electron chi connectivity index (χ1n) is 11.5.